The van der Waals surface area contributed by atoms with E-state index in [2.05, 4.69) is 15.3 Å². The number of hydrogen-bond acceptors (Lipinski definition) is 4. The van der Waals surface area contributed by atoms with Crippen molar-refractivity contribution in [2.45, 2.75) is 38.4 Å². The largest absolute Gasteiger partial charge is 0.451 e. The topological polar surface area (TPSA) is 41.0 Å². The fourth-order valence-corrected chi connectivity index (χ4v) is 2.36. The van der Waals surface area contributed by atoms with E-state index in [4.69, 9.17) is 0 Å². The van der Waals surface area contributed by atoms with Crippen LogP contribution in [0.2, 0.25) is 0 Å². The van der Waals surface area contributed by atoms with E-state index in [1.807, 2.05) is 18.7 Å². The molecule has 106 valence electrons. The van der Waals surface area contributed by atoms with E-state index in [0.29, 0.717) is 12.4 Å². The molecule has 1 N–H and O–H groups in total. The smallest absolute Gasteiger partial charge is 0.373 e. The molecule has 7 heteroatoms. The first kappa shape index (κ1) is 13.9. The number of rotatable bonds is 2. The van der Waals surface area contributed by atoms with Gasteiger partial charge in [-0.3, -0.25) is 0 Å². The third-order valence-electron chi connectivity index (χ3n) is 3.40. The van der Waals surface area contributed by atoms with Gasteiger partial charge in [0, 0.05) is 25.2 Å². The van der Waals surface area contributed by atoms with Crippen LogP contribution in [0, 0.1) is 0 Å². The van der Waals surface area contributed by atoms with E-state index in [1.54, 1.807) is 13.1 Å². The standard InChI is InChI=1S/C12H17F3N4/c1-11(2)5-4-6-19(11)9-7-8(16-3)17-10(18-9)12(13,14)15/h7H,4-6H2,1-3H3,(H,16,17,18). The molecule has 1 aromatic rings. The Balaban J connectivity index is 2.46. The second-order valence-electron chi connectivity index (χ2n) is 5.25. The number of hydrogen-bond donors (Lipinski definition) is 1. The summed E-state index contributed by atoms with van der Waals surface area (Å²) in [6.07, 6.45) is -2.65. The zero-order chi connectivity index (χ0) is 14.3. The maximum absolute atomic E-state index is 12.8. The molecule has 0 unspecified atom stereocenters. The van der Waals surface area contributed by atoms with Crippen LogP contribution in [0.25, 0.3) is 0 Å². The molecule has 19 heavy (non-hydrogen) atoms. The molecule has 2 heterocycles. The van der Waals surface area contributed by atoms with E-state index >= 15 is 0 Å². The number of aromatic nitrogens is 2. The zero-order valence-electron chi connectivity index (χ0n) is 11.2. The van der Waals surface area contributed by atoms with Gasteiger partial charge in [-0.05, 0) is 26.7 Å². The van der Waals surface area contributed by atoms with Gasteiger partial charge in [-0.1, -0.05) is 0 Å². The lowest BCUT2D eigenvalue weighted by molar-refractivity contribution is -0.144. The highest BCUT2D eigenvalue weighted by Crippen LogP contribution is 2.35. The molecular formula is C12H17F3N4. The SMILES string of the molecule is CNc1cc(N2CCCC2(C)C)nc(C(F)(F)F)n1. The van der Waals surface area contributed by atoms with E-state index in [1.165, 1.54) is 0 Å². The summed E-state index contributed by atoms with van der Waals surface area (Å²) in [7, 11) is 1.54. The van der Waals surface area contributed by atoms with Gasteiger partial charge in [0.2, 0.25) is 5.82 Å². The van der Waals surface area contributed by atoms with Crippen LogP contribution in [-0.2, 0) is 6.18 Å². The van der Waals surface area contributed by atoms with E-state index in [0.717, 1.165) is 12.8 Å². The first-order valence-corrected chi connectivity index (χ1v) is 6.16. The molecule has 0 atom stereocenters. The normalized spacial score (nSPS) is 18.7. The Hall–Kier alpha value is -1.53. The summed E-state index contributed by atoms with van der Waals surface area (Å²) in [6.45, 7) is 4.73. The van der Waals surface area contributed by atoms with Crippen molar-refractivity contribution < 1.29 is 13.2 Å². The molecule has 0 spiro atoms. The second-order valence-corrected chi connectivity index (χ2v) is 5.25. The second kappa shape index (κ2) is 4.54. The van der Waals surface area contributed by atoms with Gasteiger partial charge in [-0.15, -0.1) is 0 Å². The van der Waals surface area contributed by atoms with E-state index in [-0.39, 0.29) is 11.4 Å². The minimum absolute atomic E-state index is 0.178. The predicted octanol–water partition coefficient (Wildman–Crippen LogP) is 2.92. The molecule has 0 amide bonds. The van der Waals surface area contributed by atoms with Crippen LogP contribution in [-0.4, -0.2) is 29.1 Å². The Morgan fingerprint density at radius 2 is 2.00 bits per heavy atom. The van der Waals surface area contributed by atoms with E-state index in [9.17, 15) is 13.2 Å². The number of nitrogens with zero attached hydrogens (tertiary/aromatic N) is 3. The van der Waals surface area contributed by atoms with Crippen molar-refractivity contribution in [1.29, 1.82) is 0 Å². The Morgan fingerprint density at radius 1 is 1.32 bits per heavy atom. The Morgan fingerprint density at radius 3 is 2.47 bits per heavy atom. The molecule has 0 bridgehead atoms. The van der Waals surface area contributed by atoms with Gasteiger partial charge in [0.1, 0.15) is 11.6 Å². The van der Waals surface area contributed by atoms with Gasteiger partial charge < -0.3 is 10.2 Å². The fraction of sp³-hybridized carbons (Fsp3) is 0.667. The molecular weight excluding hydrogens is 257 g/mol. The minimum atomic E-state index is -4.54. The van der Waals surface area contributed by atoms with Gasteiger partial charge in [-0.25, -0.2) is 9.97 Å². The third kappa shape index (κ3) is 2.74. The molecule has 1 fully saturated rings. The van der Waals surface area contributed by atoms with Gasteiger partial charge in [-0.2, -0.15) is 13.2 Å². The summed E-state index contributed by atoms with van der Waals surface area (Å²) in [5.74, 6) is -0.591. The maximum Gasteiger partial charge on any atom is 0.451 e. The van der Waals surface area contributed by atoms with Crippen molar-refractivity contribution in [3.8, 4) is 0 Å². The highest BCUT2D eigenvalue weighted by molar-refractivity contribution is 5.51. The molecule has 4 nitrogen and oxygen atoms in total. The van der Waals surface area contributed by atoms with Crippen molar-refractivity contribution >= 4 is 11.6 Å². The van der Waals surface area contributed by atoms with Crippen LogP contribution >= 0.6 is 0 Å². The first-order valence-electron chi connectivity index (χ1n) is 6.16. The Labute approximate surface area is 110 Å². The van der Waals surface area contributed by atoms with Crippen LogP contribution in [0.5, 0.6) is 0 Å². The monoisotopic (exact) mass is 274 g/mol. The molecule has 2 rings (SSSR count). The lowest BCUT2D eigenvalue weighted by atomic mass is 10.0. The van der Waals surface area contributed by atoms with Crippen molar-refractivity contribution in [3.63, 3.8) is 0 Å². The molecule has 0 saturated carbocycles. The molecule has 1 aromatic heterocycles. The van der Waals surface area contributed by atoms with Gasteiger partial charge in [0.05, 0.1) is 0 Å². The quantitative estimate of drug-likeness (QED) is 0.900. The first-order chi connectivity index (χ1) is 8.74. The highest BCUT2D eigenvalue weighted by atomic mass is 19.4. The highest BCUT2D eigenvalue weighted by Gasteiger charge is 2.38. The Kier molecular flexibility index (Phi) is 3.32. The minimum Gasteiger partial charge on any atom is -0.373 e. The van der Waals surface area contributed by atoms with Crippen LogP contribution in [0.15, 0.2) is 6.07 Å². The summed E-state index contributed by atoms with van der Waals surface area (Å²) >= 11 is 0. The number of nitrogens with one attached hydrogen (secondary N) is 1. The average Bonchev–Trinajstić information content (AvgIpc) is 2.67. The molecule has 1 aliphatic rings. The molecule has 0 aromatic carbocycles. The molecule has 0 aliphatic carbocycles. The lowest BCUT2D eigenvalue weighted by Gasteiger charge is -2.33. The maximum atomic E-state index is 12.8. The van der Waals surface area contributed by atoms with Gasteiger partial charge >= 0.3 is 6.18 Å². The summed E-state index contributed by atoms with van der Waals surface area (Å²) < 4.78 is 38.4. The third-order valence-corrected chi connectivity index (χ3v) is 3.40. The van der Waals surface area contributed by atoms with Crippen molar-refractivity contribution in [2.24, 2.45) is 0 Å². The fourth-order valence-electron chi connectivity index (χ4n) is 2.36. The average molecular weight is 274 g/mol. The van der Waals surface area contributed by atoms with Gasteiger partial charge in [0.15, 0.2) is 0 Å². The van der Waals surface area contributed by atoms with Crippen LogP contribution in [0.3, 0.4) is 0 Å². The van der Waals surface area contributed by atoms with Crippen LogP contribution in [0.4, 0.5) is 24.8 Å². The number of alkyl halides is 3. The summed E-state index contributed by atoms with van der Waals surface area (Å²) in [4.78, 5) is 9.06. The van der Waals surface area contributed by atoms with E-state index < -0.39 is 12.0 Å². The van der Waals surface area contributed by atoms with Crippen LogP contribution in [0.1, 0.15) is 32.5 Å². The molecule has 1 aliphatic heterocycles. The van der Waals surface area contributed by atoms with Crippen LogP contribution < -0.4 is 10.2 Å². The number of anilines is 2. The Bertz CT molecular complexity index is 471. The summed E-state index contributed by atoms with van der Waals surface area (Å²) in [5.41, 5.74) is -0.178. The van der Waals surface area contributed by atoms with Crippen molar-refractivity contribution in [2.75, 3.05) is 23.8 Å². The molecule has 1 saturated heterocycles. The molecule has 0 radical (unpaired) electrons. The van der Waals surface area contributed by atoms with Gasteiger partial charge in [0.25, 0.3) is 0 Å². The van der Waals surface area contributed by atoms with Crippen molar-refractivity contribution in [3.05, 3.63) is 11.9 Å². The number of halogens is 3. The zero-order valence-corrected chi connectivity index (χ0v) is 11.2. The lowest BCUT2D eigenvalue weighted by Crippen LogP contribution is -2.39. The summed E-state index contributed by atoms with van der Waals surface area (Å²) in [5, 5.41) is 2.65. The predicted molar refractivity (Wildman–Crippen MR) is 67.2 cm³/mol. The van der Waals surface area contributed by atoms with Crippen molar-refractivity contribution in [1.82, 2.24) is 9.97 Å². The summed E-state index contributed by atoms with van der Waals surface area (Å²) in [6, 6.07) is 1.56.